The lowest BCUT2D eigenvalue weighted by Crippen LogP contribution is -2.25. The van der Waals surface area contributed by atoms with Gasteiger partial charge in [0, 0.05) is 28.7 Å². The number of amides is 1. The summed E-state index contributed by atoms with van der Waals surface area (Å²) in [5, 5.41) is 18.0. The van der Waals surface area contributed by atoms with Crippen LogP contribution in [0.1, 0.15) is 41.7 Å². The summed E-state index contributed by atoms with van der Waals surface area (Å²) in [6.07, 6.45) is 1.93. The van der Waals surface area contributed by atoms with Gasteiger partial charge in [0.2, 0.25) is 0 Å². The Bertz CT molecular complexity index is 804. The monoisotopic (exact) mass is 359 g/mol. The minimum absolute atomic E-state index is 0.121. The molecule has 1 amide bonds. The van der Waals surface area contributed by atoms with Crippen molar-refractivity contribution < 1.29 is 9.72 Å². The Labute approximate surface area is 150 Å². The Morgan fingerprint density at radius 3 is 2.52 bits per heavy atom. The van der Waals surface area contributed by atoms with Crippen molar-refractivity contribution in [3.8, 4) is 0 Å². The molecular formula is C18H18ClN3O3. The van der Waals surface area contributed by atoms with Crippen molar-refractivity contribution in [3.05, 3.63) is 68.7 Å². The second-order valence-electron chi connectivity index (χ2n) is 6.15. The van der Waals surface area contributed by atoms with Gasteiger partial charge in [-0.3, -0.25) is 14.9 Å². The van der Waals surface area contributed by atoms with Crippen LogP contribution in [0.15, 0.2) is 42.5 Å². The molecule has 1 saturated carbocycles. The normalized spacial score (nSPS) is 14.6. The second-order valence-corrected chi connectivity index (χ2v) is 6.59. The molecule has 130 valence electrons. The van der Waals surface area contributed by atoms with Gasteiger partial charge in [0.15, 0.2) is 0 Å². The summed E-state index contributed by atoms with van der Waals surface area (Å²) in [6, 6.07) is 11.8. The molecule has 0 aromatic heterocycles. The SMILES string of the molecule is CC(Nc1ccc(C(=O)NC2CC2)cc1[N+](=O)[O-])c1ccc(Cl)cc1. The van der Waals surface area contributed by atoms with Gasteiger partial charge in [-0.05, 0) is 49.6 Å². The first-order chi connectivity index (χ1) is 11.9. The van der Waals surface area contributed by atoms with Gasteiger partial charge in [-0.2, -0.15) is 0 Å². The summed E-state index contributed by atoms with van der Waals surface area (Å²) in [5.74, 6) is -0.275. The molecule has 1 aliphatic carbocycles. The first kappa shape index (κ1) is 17.2. The molecule has 6 nitrogen and oxygen atoms in total. The highest BCUT2D eigenvalue weighted by Gasteiger charge is 2.25. The number of hydrogen-bond donors (Lipinski definition) is 2. The van der Waals surface area contributed by atoms with E-state index in [0.717, 1.165) is 18.4 Å². The summed E-state index contributed by atoms with van der Waals surface area (Å²) in [6.45, 7) is 1.90. The van der Waals surface area contributed by atoms with Crippen molar-refractivity contribution in [2.75, 3.05) is 5.32 Å². The fourth-order valence-electron chi connectivity index (χ4n) is 2.51. The molecule has 2 aromatic carbocycles. The molecule has 0 bridgehead atoms. The topological polar surface area (TPSA) is 84.3 Å². The molecule has 0 heterocycles. The van der Waals surface area contributed by atoms with Gasteiger partial charge in [0.25, 0.3) is 11.6 Å². The molecule has 1 aliphatic rings. The standard InChI is InChI=1S/C18H18ClN3O3/c1-11(12-2-5-14(19)6-3-12)20-16-9-4-13(10-17(16)22(24)25)18(23)21-15-7-8-15/h2-6,9-11,15,20H,7-8H2,1H3,(H,21,23). The Balaban J connectivity index is 1.81. The van der Waals surface area contributed by atoms with Crippen molar-refractivity contribution in [2.45, 2.75) is 31.8 Å². The van der Waals surface area contributed by atoms with Crippen LogP contribution in [0.3, 0.4) is 0 Å². The molecule has 0 radical (unpaired) electrons. The number of rotatable bonds is 6. The number of benzene rings is 2. The zero-order valence-corrected chi connectivity index (χ0v) is 14.4. The van der Waals surface area contributed by atoms with Crippen LogP contribution in [0.2, 0.25) is 5.02 Å². The number of nitrogens with zero attached hydrogens (tertiary/aromatic N) is 1. The molecule has 3 rings (SSSR count). The van der Waals surface area contributed by atoms with Gasteiger partial charge in [-0.1, -0.05) is 23.7 Å². The van der Waals surface area contributed by atoms with E-state index in [0.29, 0.717) is 16.3 Å². The highest BCUT2D eigenvalue weighted by atomic mass is 35.5. The van der Waals surface area contributed by atoms with E-state index in [1.54, 1.807) is 24.3 Å². The molecule has 0 saturated heterocycles. The van der Waals surface area contributed by atoms with Gasteiger partial charge in [-0.15, -0.1) is 0 Å². The van der Waals surface area contributed by atoms with Crippen LogP contribution in [0.5, 0.6) is 0 Å². The fraction of sp³-hybridized carbons (Fsp3) is 0.278. The minimum Gasteiger partial charge on any atom is -0.373 e. The van der Waals surface area contributed by atoms with Crippen LogP contribution in [0.25, 0.3) is 0 Å². The van der Waals surface area contributed by atoms with Crippen molar-refractivity contribution in [1.29, 1.82) is 0 Å². The van der Waals surface area contributed by atoms with Crippen LogP contribution in [0.4, 0.5) is 11.4 Å². The third-order valence-electron chi connectivity index (χ3n) is 4.11. The molecule has 0 aliphatic heterocycles. The number of carbonyl (C=O) groups is 1. The van der Waals surface area contributed by atoms with Gasteiger partial charge < -0.3 is 10.6 Å². The first-order valence-electron chi connectivity index (χ1n) is 8.05. The number of halogens is 1. The predicted octanol–water partition coefficient (Wildman–Crippen LogP) is 4.31. The van der Waals surface area contributed by atoms with E-state index in [1.165, 1.54) is 6.07 Å². The zero-order valence-electron chi connectivity index (χ0n) is 13.7. The number of hydrogen-bond acceptors (Lipinski definition) is 4. The van der Waals surface area contributed by atoms with Crippen LogP contribution in [-0.2, 0) is 0 Å². The van der Waals surface area contributed by atoms with E-state index in [-0.39, 0.29) is 23.7 Å². The third kappa shape index (κ3) is 4.28. The van der Waals surface area contributed by atoms with Crippen LogP contribution >= 0.6 is 11.6 Å². The predicted molar refractivity (Wildman–Crippen MR) is 97.1 cm³/mol. The highest BCUT2D eigenvalue weighted by Crippen LogP contribution is 2.30. The molecule has 1 fully saturated rings. The molecule has 1 unspecified atom stereocenters. The lowest BCUT2D eigenvalue weighted by molar-refractivity contribution is -0.384. The maximum absolute atomic E-state index is 12.1. The van der Waals surface area contributed by atoms with Gasteiger partial charge in [0.05, 0.1) is 4.92 Å². The molecule has 25 heavy (non-hydrogen) atoms. The van der Waals surface area contributed by atoms with Crippen LogP contribution in [-0.4, -0.2) is 16.9 Å². The molecule has 2 aromatic rings. The molecule has 7 heteroatoms. The highest BCUT2D eigenvalue weighted by molar-refractivity contribution is 6.30. The second kappa shape index (κ2) is 7.11. The van der Waals surface area contributed by atoms with Crippen LogP contribution in [0, 0.1) is 10.1 Å². The largest absolute Gasteiger partial charge is 0.373 e. The van der Waals surface area contributed by atoms with Crippen LogP contribution < -0.4 is 10.6 Å². The molecular weight excluding hydrogens is 342 g/mol. The Hall–Kier alpha value is -2.60. The maximum Gasteiger partial charge on any atom is 0.293 e. The van der Waals surface area contributed by atoms with E-state index in [9.17, 15) is 14.9 Å². The van der Waals surface area contributed by atoms with E-state index in [2.05, 4.69) is 10.6 Å². The molecule has 2 N–H and O–H groups in total. The minimum atomic E-state index is -0.481. The molecule has 1 atom stereocenters. The average molecular weight is 360 g/mol. The van der Waals surface area contributed by atoms with E-state index >= 15 is 0 Å². The summed E-state index contributed by atoms with van der Waals surface area (Å²) in [5.41, 5.74) is 1.50. The number of nitro benzene ring substituents is 1. The number of nitrogens with one attached hydrogen (secondary N) is 2. The number of carbonyl (C=O) groups excluding carboxylic acids is 1. The van der Waals surface area contributed by atoms with Crippen molar-refractivity contribution in [3.63, 3.8) is 0 Å². The lowest BCUT2D eigenvalue weighted by Gasteiger charge is -2.16. The summed E-state index contributed by atoms with van der Waals surface area (Å²) in [7, 11) is 0. The Morgan fingerprint density at radius 1 is 1.24 bits per heavy atom. The van der Waals surface area contributed by atoms with E-state index in [4.69, 9.17) is 11.6 Å². The summed E-state index contributed by atoms with van der Waals surface area (Å²) in [4.78, 5) is 23.0. The van der Waals surface area contributed by atoms with Gasteiger partial charge in [0.1, 0.15) is 5.69 Å². The van der Waals surface area contributed by atoms with Crippen molar-refractivity contribution >= 4 is 28.9 Å². The van der Waals surface area contributed by atoms with Gasteiger partial charge in [-0.25, -0.2) is 0 Å². The average Bonchev–Trinajstić information content (AvgIpc) is 3.39. The number of nitro groups is 1. The smallest absolute Gasteiger partial charge is 0.293 e. The quantitative estimate of drug-likeness (QED) is 0.594. The van der Waals surface area contributed by atoms with E-state index in [1.807, 2.05) is 19.1 Å². The summed E-state index contributed by atoms with van der Waals surface area (Å²) >= 11 is 5.88. The first-order valence-corrected chi connectivity index (χ1v) is 8.43. The van der Waals surface area contributed by atoms with E-state index < -0.39 is 4.92 Å². The third-order valence-corrected chi connectivity index (χ3v) is 4.36. The Morgan fingerprint density at radius 2 is 1.92 bits per heavy atom. The maximum atomic E-state index is 12.1. The van der Waals surface area contributed by atoms with Crippen molar-refractivity contribution in [1.82, 2.24) is 5.32 Å². The zero-order chi connectivity index (χ0) is 18.0. The van der Waals surface area contributed by atoms with Crippen molar-refractivity contribution in [2.24, 2.45) is 0 Å². The molecule has 0 spiro atoms. The van der Waals surface area contributed by atoms with Gasteiger partial charge >= 0.3 is 0 Å². The number of anilines is 1. The fourth-order valence-corrected chi connectivity index (χ4v) is 2.64. The lowest BCUT2D eigenvalue weighted by atomic mass is 10.1. The summed E-state index contributed by atoms with van der Waals surface area (Å²) < 4.78 is 0. The Kier molecular flexibility index (Phi) is 4.90.